The molecule has 0 saturated carbocycles. The van der Waals surface area contributed by atoms with Crippen LogP contribution in [0.2, 0.25) is 0 Å². The van der Waals surface area contributed by atoms with Crippen LogP contribution in [-0.2, 0) is 22.1 Å². The summed E-state index contributed by atoms with van der Waals surface area (Å²) < 4.78 is 41.2. The van der Waals surface area contributed by atoms with E-state index >= 15 is 0 Å². The van der Waals surface area contributed by atoms with E-state index in [2.05, 4.69) is 9.72 Å². The number of aromatic nitrogens is 1. The molecule has 1 rings (SSSR count). The maximum absolute atomic E-state index is 12.2. The predicted molar refractivity (Wildman–Crippen MR) is 49.6 cm³/mol. The first-order valence-corrected chi connectivity index (χ1v) is 4.61. The van der Waals surface area contributed by atoms with Crippen LogP contribution in [-0.4, -0.2) is 17.6 Å². The summed E-state index contributed by atoms with van der Waals surface area (Å²) in [5.74, 6) is -0.505. The van der Waals surface area contributed by atoms with E-state index in [0.717, 1.165) is 6.07 Å². The molecule has 0 radical (unpaired) electrons. The van der Waals surface area contributed by atoms with Crippen LogP contribution in [0.4, 0.5) is 13.2 Å². The van der Waals surface area contributed by atoms with Gasteiger partial charge in [-0.05, 0) is 19.1 Å². The second-order valence-corrected chi connectivity index (χ2v) is 3.02. The van der Waals surface area contributed by atoms with Crippen molar-refractivity contribution in [1.29, 1.82) is 0 Å². The van der Waals surface area contributed by atoms with E-state index in [9.17, 15) is 18.0 Å². The third-order valence-corrected chi connectivity index (χ3v) is 1.78. The van der Waals surface area contributed by atoms with Gasteiger partial charge < -0.3 is 4.74 Å². The molecule has 0 N–H and O–H groups in total. The van der Waals surface area contributed by atoms with Gasteiger partial charge in [0.05, 0.1) is 24.3 Å². The lowest BCUT2D eigenvalue weighted by Gasteiger charge is -2.06. The van der Waals surface area contributed by atoms with Crippen molar-refractivity contribution in [1.82, 2.24) is 4.98 Å². The van der Waals surface area contributed by atoms with Crippen molar-refractivity contribution in [3.05, 3.63) is 29.6 Å². The third kappa shape index (κ3) is 3.52. The van der Waals surface area contributed by atoms with E-state index in [1.54, 1.807) is 6.92 Å². The van der Waals surface area contributed by atoms with Crippen LogP contribution in [0.5, 0.6) is 0 Å². The topological polar surface area (TPSA) is 39.2 Å². The molecule has 0 fully saturated rings. The van der Waals surface area contributed by atoms with Gasteiger partial charge in [0.25, 0.3) is 0 Å². The van der Waals surface area contributed by atoms with E-state index in [0.29, 0.717) is 6.20 Å². The summed E-state index contributed by atoms with van der Waals surface area (Å²) in [5.41, 5.74) is -0.577. The third-order valence-electron chi connectivity index (χ3n) is 1.78. The molecule has 0 atom stereocenters. The minimum atomic E-state index is -4.41. The minimum Gasteiger partial charge on any atom is -0.466 e. The van der Waals surface area contributed by atoms with Gasteiger partial charge in [0.15, 0.2) is 0 Å². The van der Waals surface area contributed by atoms with Crippen LogP contribution in [0.1, 0.15) is 18.2 Å². The molecule has 0 amide bonds. The average molecular weight is 233 g/mol. The summed E-state index contributed by atoms with van der Waals surface area (Å²) in [4.78, 5) is 14.6. The highest BCUT2D eigenvalue weighted by atomic mass is 19.4. The summed E-state index contributed by atoms with van der Waals surface area (Å²) in [5, 5.41) is 0. The molecule has 6 heteroatoms. The number of carbonyl (C=O) groups excluding carboxylic acids is 1. The first-order valence-electron chi connectivity index (χ1n) is 4.61. The number of esters is 1. The zero-order chi connectivity index (χ0) is 12.2. The molecule has 1 aromatic rings. The van der Waals surface area contributed by atoms with E-state index in [-0.39, 0.29) is 18.7 Å². The van der Waals surface area contributed by atoms with Gasteiger partial charge in [-0.3, -0.25) is 9.78 Å². The molecule has 1 heterocycles. The van der Waals surface area contributed by atoms with E-state index in [4.69, 9.17) is 0 Å². The summed E-state index contributed by atoms with van der Waals surface area (Å²) in [7, 11) is 0. The molecule has 1 aromatic heterocycles. The summed E-state index contributed by atoms with van der Waals surface area (Å²) in [6, 6.07) is 2.06. The molecule has 3 nitrogen and oxygen atoms in total. The second-order valence-electron chi connectivity index (χ2n) is 3.02. The largest absolute Gasteiger partial charge is 0.466 e. The Labute approximate surface area is 90.2 Å². The molecule has 0 aromatic carbocycles. The van der Waals surface area contributed by atoms with Crippen molar-refractivity contribution < 1.29 is 22.7 Å². The second kappa shape index (κ2) is 4.96. The predicted octanol–water partition coefficient (Wildman–Crippen LogP) is 2.21. The molecule has 0 aliphatic heterocycles. The lowest BCUT2D eigenvalue weighted by Crippen LogP contribution is -2.10. The van der Waals surface area contributed by atoms with Crippen molar-refractivity contribution in [3.8, 4) is 0 Å². The Morgan fingerprint density at radius 2 is 2.12 bits per heavy atom. The van der Waals surface area contributed by atoms with Crippen LogP contribution in [0.15, 0.2) is 18.3 Å². The van der Waals surface area contributed by atoms with Gasteiger partial charge in [0.2, 0.25) is 0 Å². The van der Waals surface area contributed by atoms with Crippen molar-refractivity contribution in [2.75, 3.05) is 6.61 Å². The number of carbonyl (C=O) groups is 1. The molecular formula is C10H10F3NO2. The number of hydrogen-bond acceptors (Lipinski definition) is 3. The van der Waals surface area contributed by atoms with E-state index in [1.807, 2.05) is 0 Å². The highest BCUT2D eigenvalue weighted by Crippen LogP contribution is 2.28. The van der Waals surface area contributed by atoms with Crippen LogP contribution in [0, 0.1) is 0 Å². The van der Waals surface area contributed by atoms with Gasteiger partial charge in [-0.2, -0.15) is 13.2 Å². The van der Waals surface area contributed by atoms with Gasteiger partial charge in [-0.15, -0.1) is 0 Å². The Bertz CT molecular complexity index is 359. The van der Waals surface area contributed by atoms with Gasteiger partial charge in [0.1, 0.15) is 0 Å². The summed E-state index contributed by atoms with van der Waals surface area (Å²) >= 11 is 0. The maximum Gasteiger partial charge on any atom is 0.417 e. The molecule has 0 saturated heterocycles. The van der Waals surface area contributed by atoms with Gasteiger partial charge >= 0.3 is 12.1 Å². The highest BCUT2D eigenvalue weighted by Gasteiger charge is 2.30. The Morgan fingerprint density at radius 3 is 2.56 bits per heavy atom. The smallest absolute Gasteiger partial charge is 0.417 e. The zero-order valence-electron chi connectivity index (χ0n) is 8.54. The van der Waals surface area contributed by atoms with Crippen molar-refractivity contribution in [3.63, 3.8) is 0 Å². The molecule has 0 aliphatic rings. The first-order chi connectivity index (χ1) is 7.43. The van der Waals surface area contributed by atoms with Gasteiger partial charge in [0, 0.05) is 6.20 Å². The van der Waals surface area contributed by atoms with Crippen molar-refractivity contribution in [2.45, 2.75) is 19.5 Å². The van der Waals surface area contributed by atoms with Crippen molar-refractivity contribution >= 4 is 5.97 Å². The zero-order valence-corrected chi connectivity index (χ0v) is 8.54. The van der Waals surface area contributed by atoms with Crippen LogP contribution < -0.4 is 0 Å². The Balaban J connectivity index is 2.69. The van der Waals surface area contributed by atoms with E-state index < -0.39 is 17.7 Å². The number of ether oxygens (including phenoxy) is 1. The number of halogens is 3. The lowest BCUT2D eigenvalue weighted by atomic mass is 10.2. The Kier molecular flexibility index (Phi) is 3.87. The molecule has 0 spiro atoms. The lowest BCUT2D eigenvalue weighted by molar-refractivity contribution is -0.142. The van der Waals surface area contributed by atoms with Crippen LogP contribution in [0.25, 0.3) is 0 Å². The molecule has 16 heavy (non-hydrogen) atoms. The number of pyridine rings is 1. The van der Waals surface area contributed by atoms with Gasteiger partial charge in [-0.25, -0.2) is 0 Å². The number of hydrogen-bond donors (Lipinski definition) is 0. The molecule has 0 unspecified atom stereocenters. The first kappa shape index (κ1) is 12.5. The number of rotatable bonds is 3. The highest BCUT2D eigenvalue weighted by molar-refractivity contribution is 5.71. The Morgan fingerprint density at radius 1 is 1.44 bits per heavy atom. The van der Waals surface area contributed by atoms with Crippen molar-refractivity contribution in [2.24, 2.45) is 0 Å². The number of alkyl halides is 3. The minimum absolute atomic E-state index is 0.119. The summed E-state index contributed by atoms with van der Waals surface area (Å²) in [6.45, 7) is 1.89. The average Bonchev–Trinajstić information content (AvgIpc) is 2.17. The maximum atomic E-state index is 12.2. The SMILES string of the molecule is CCOC(=O)Cc1ccc(C(F)(F)F)cn1. The summed E-state index contributed by atoms with van der Waals surface area (Å²) in [6.07, 6.45) is -3.82. The fourth-order valence-electron chi connectivity index (χ4n) is 1.06. The fraction of sp³-hybridized carbons (Fsp3) is 0.400. The molecule has 88 valence electrons. The normalized spacial score (nSPS) is 11.2. The van der Waals surface area contributed by atoms with E-state index in [1.165, 1.54) is 6.07 Å². The monoisotopic (exact) mass is 233 g/mol. The quantitative estimate of drug-likeness (QED) is 0.751. The fourth-order valence-corrected chi connectivity index (χ4v) is 1.06. The Hall–Kier alpha value is -1.59. The van der Waals surface area contributed by atoms with Crippen LogP contribution in [0.3, 0.4) is 0 Å². The molecular weight excluding hydrogens is 223 g/mol. The van der Waals surface area contributed by atoms with Crippen LogP contribution >= 0.6 is 0 Å². The number of nitrogens with zero attached hydrogens (tertiary/aromatic N) is 1. The molecule has 0 bridgehead atoms. The van der Waals surface area contributed by atoms with Gasteiger partial charge in [-0.1, -0.05) is 0 Å². The standard InChI is InChI=1S/C10H10F3NO2/c1-2-16-9(15)5-8-4-3-7(6-14-8)10(11,12)13/h3-4,6H,2,5H2,1H3. The molecule has 0 aliphatic carbocycles.